The van der Waals surface area contributed by atoms with Gasteiger partial charge >= 0.3 is 0 Å². The molecule has 0 aromatic heterocycles. The molecule has 2 rings (SSSR count). The topological polar surface area (TPSA) is 9.23 Å². The molecule has 0 bridgehead atoms. The Bertz CT molecular complexity index is 529. The van der Waals surface area contributed by atoms with E-state index in [1.165, 1.54) is 6.07 Å². The molecule has 0 amide bonds. The maximum absolute atomic E-state index is 13.9. The predicted molar refractivity (Wildman–Crippen MR) is 71.3 cm³/mol. The van der Waals surface area contributed by atoms with Crippen molar-refractivity contribution in [3.63, 3.8) is 0 Å². The first kappa shape index (κ1) is 12.6. The molecule has 0 aliphatic rings. The van der Waals surface area contributed by atoms with Gasteiger partial charge in [0.15, 0.2) is 0 Å². The van der Waals surface area contributed by atoms with Gasteiger partial charge in [-0.15, -0.1) is 0 Å². The molecule has 0 saturated heterocycles. The van der Waals surface area contributed by atoms with Gasteiger partial charge in [-0.05, 0) is 46.9 Å². The third-order valence-corrected chi connectivity index (χ3v) is 2.94. The number of rotatable bonds is 3. The molecule has 2 aromatic carbocycles. The summed E-state index contributed by atoms with van der Waals surface area (Å²) in [5.41, 5.74) is 2.49. The first-order valence-electron chi connectivity index (χ1n) is 5.98. The van der Waals surface area contributed by atoms with Crippen LogP contribution in [0.25, 0.3) is 11.1 Å². The van der Waals surface area contributed by atoms with Crippen LogP contribution in [0, 0.1) is 11.9 Å². The van der Waals surface area contributed by atoms with E-state index in [1.807, 2.05) is 38.1 Å². The number of methoxy groups -OCH3 is 1. The van der Waals surface area contributed by atoms with E-state index >= 15 is 0 Å². The Morgan fingerprint density at radius 1 is 1.11 bits per heavy atom. The van der Waals surface area contributed by atoms with E-state index in [1.54, 1.807) is 13.2 Å². The fourth-order valence-electron chi connectivity index (χ4n) is 2.05. The number of halogens is 1. The Kier molecular flexibility index (Phi) is 3.66. The summed E-state index contributed by atoms with van der Waals surface area (Å²) in [6.07, 6.45) is 0. The molecule has 2 aromatic rings. The van der Waals surface area contributed by atoms with E-state index in [-0.39, 0.29) is 11.7 Å². The summed E-state index contributed by atoms with van der Waals surface area (Å²) in [6, 6.07) is 13.8. The minimum Gasteiger partial charge on any atom is -0.497 e. The van der Waals surface area contributed by atoms with E-state index in [2.05, 4.69) is 6.07 Å². The maximum atomic E-state index is 13.9. The van der Waals surface area contributed by atoms with Crippen LogP contribution in [0.3, 0.4) is 0 Å². The Balaban J connectivity index is 2.52. The van der Waals surface area contributed by atoms with Crippen LogP contribution in [-0.4, -0.2) is 7.11 Å². The van der Waals surface area contributed by atoms with E-state index in [9.17, 15) is 4.39 Å². The summed E-state index contributed by atoms with van der Waals surface area (Å²) in [6.45, 7) is 3.97. The molecule has 0 fully saturated rings. The van der Waals surface area contributed by atoms with Crippen molar-refractivity contribution in [1.29, 1.82) is 0 Å². The lowest BCUT2D eigenvalue weighted by Crippen LogP contribution is -1.97. The highest BCUT2D eigenvalue weighted by Gasteiger charge is 2.13. The van der Waals surface area contributed by atoms with Crippen molar-refractivity contribution in [2.24, 2.45) is 0 Å². The molecule has 0 unspecified atom stereocenters. The van der Waals surface area contributed by atoms with Crippen LogP contribution in [0.5, 0.6) is 5.75 Å². The second-order valence-electron chi connectivity index (χ2n) is 4.50. The zero-order chi connectivity index (χ0) is 13.1. The summed E-state index contributed by atoms with van der Waals surface area (Å²) >= 11 is 0. The molecule has 0 aliphatic carbocycles. The lowest BCUT2D eigenvalue weighted by atomic mass is 9.92. The van der Waals surface area contributed by atoms with Crippen LogP contribution in [-0.2, 0) is 0 Å². The lowest BCUT2D eigenvalue weighted by Gasteiger charge is -2.14. The molecule has 2 heteroatoms. The van der Waals surface area contributed by atoms with Crippen molar-refractivity contribution < 1.29 is 9.13 Å². The highest BCUT2D eigenvalue weighted by Crippen LogP contribution is 2.31. The summed E-state index contributed by atoms with van der Waals surface area (Å²) in [4.78, 5) is 0. The van der Waals surface area contributed by atoms with Crippen molar-refractivity contribution in [2.75, 3.05) is 7.11 Å². The van der Waals surface area contributed by atoms with Crippen LogP contribution >= 0.6 is 0 Å². The smallest absolute Gasteiger partial charge is 0.127 e. The molecule has 18 heavy (non-hydrogen) atoms. The Morgan fingerprint density at radius 3 is 2.33 bits per heavy atom. The van der Waals surface area contributed by atoms with E-state index < -0.39 is 0 Å². The van der Waals surface area contributed by atoms with Gasteiger partial charge in [-0.25, -0.2) is 4.39 Å². The fourth-order valence-corrected chi connectivity index (χ4v) is 2.05. The summed E-state index contributed by atoms with van der Waals surface area (Å²) in [7, 11) is 1.63. The molecule has 1 nitrogen and oxygen atoms in total. The van der Waals surface area contributed by atoms with Crippen LogP contribution in [0.1, 0.15) is 25.3 Å². The summed E-state index contributed by atoms with van der Waals surface area (Å²) in [5, 5.41) is 0. The Labute approximate surface area is 107 Å². The zero-order valence-corrected chi connectivity index (χ0v) is 10.8. The number of benzene rings is 2. The van der Waals surface area contributed by atoms with Crippen LogP contribution in [0.4, 0.5) is 4.39 Å². The van der Waals surface area contributed by atoms with Crippen LogP contribution in [0.2, 0.25) is 0 Å². The van der Waals surface area contributed by atoms with Crippen molar-refractivity contribution in [3.8, 4) is 16.9 Å². The Hall–Kier alpha value is -1.83. The van der Waals surface area contributed by atoms with Crippen molar-refractivity contribution in [2.45, 2.75) is 19.8 Å². The molecule has 0 atom stereocenters. The largest absolute Gasteiger partial charge is 0.497 e. The molecule has 0 saturated carbocycles. The van der Waals surface area contributed by atoms with Gasteiger partial charge in [-0.1, -0.05) is 32.0 Å². The summed E-state index contributed by atoms with van der Waals surface area (Å²) < 4.78 is 19.0. The third kappa shape index (κ3) is 2.37. The zero-order valence-electron chi connectivity index (χ0n) is 10.8. The standard InChI is InChI=1S/C16H16FO/c1-11(2)16-14(5-4-6-15(16)17)12-7-9-13(18-3)10-8-12/h4,6-11H,1-3H3. The van der Waals surface area contributed by atoms with Gasteiger partial charge in [0.25, 0.3) is 0 Å². The highest BCUT2D eigenvalue weighted by atomic mass is 19.1. The number of hydrogen-bond donors (Lipinski definition) is 0. The first-order chi connectivity index (χ1) is 8.63. The van der Waals surface area contributed by atoms with Gasteiger partial charge < -0.3 is 4.74 Å². The normalized spacial score (nSPS) is 10.7. The molecule has 0 spiro atoms. The molecule has 93 valence electrons. The van der Waals surface area contributed by atoms with E-state index in [0.29, 0.717) is 5.56 Å². The SMILES string of the molecule is COc1ccc(-c2[c]ccc(F)c2C(C)C)cc1. The van der Waals surface area contributed by atoms with Crippen LogP contribution in [0.15, 0.2) is 36.4 Å². The maximum Gasteiger partial charge on any atom is 0.127 e. The second-order valence-corrected chi connectivity index (χ2v) is 4.50. The van der Waals surface area contributed by atoms with Gasteiger partial charge in [-0.2, -0.15) is 0 Å². The van der Waals surface area contributed by atoms with Gasteiger partial charge in [0, 0.05) is 0 Å². The molecule has 1 radical (unpaired) electrons. The predicted octanol–water partition coefficient (Wildman–Crippen LogP) is 4.42. The molecule has 0 heterocycles. The van der Waals surface area contributed by atoms with Crippen molar-refractivity contribution in [1.82, 2.24) is 0 Å². The average Bonchev–Trinajstić information content (AvgIpc) is 2.38. The molecular weight excluding hydrogens is 227 g/mol. The monoisotopic (exact) mass is 243 g/mol. The van der Waals surface area contributed by atoms with Crippen molar-refractivity contribution in [3.05, 3.63) is 53.8 Å². The van der Waals surface area contributed by atoms with Crippen molar-refractivity contribution >= 4 is 0 Å². The second kappa shape index (κ2) is 5.21. The van der Waals surface area contributed by atoms with Gasteiger partial charge in [0.1, 0.15) is 11.6 Å². The first-order valence-corrected chi connectivity index (χ1v) is 5.98. The quantitative estimate of drug-likeness (QED) is 0.775. The molecule has 0 N–H and O–H groups in total. The minimum absolute atomic E-state index is 0.125. The lowest BCUT2D eigenvalue weighted by molar-refractivity contribution is 0.415. The van der Waals surface area contributed by atoms with E-state index in [0.717, 1.165) is 16.9 Å². The molecular formula is C16H16FO. The van der Waals surface area contributed by atoms with Gasteiger partial charge in [0.2, 0.25) is 0 Å². The summed E-state index contributed by atoms with van der Waals surface area (Å²) in [5.74, 6) is 0.746. The highest BCUT2D eigenvalue weighted by molar-refractivity contribution is 5.68. The Morgan fingerprint density at radius 2 is 1.78 bits per heavy atom. The number of hydrogen-bond acceptors (Lipinski definition) is 1. The third-order valence-electron chi connectivity index (χ3n) is 2.94. The molecule has 0 aliphatic heterocycles. The van der Waals surface area contributed by atoms with E-state index in [4.69, 9.17) is 4.74 Å². The van der Waals surface area contributed by atoms with Gasteiger partial charge in [-0.3, -0.25) is 0 Å². The van der Waals surface area contributed by atoms with Crippen LogP contribution < -0.4 is 4.74 Å². The average molecular weight is 243 g/mol. The minimum atomic E-state index is -0.172. The van der Waals surface area contributed by atoms with Gasteiger partial charge in [0.05, 0.1) is 7.11 Å². The number of ether oxygens (including phenoxy) is 1. The fraction of sp³-hybridized carbons (Fsp3) is 0.250.